The molecule has 1 aliphatic rings. The summed E-state index contributed by atoms with van der Waals surface area (Å²) in [4.78, 5) is 9.30. The molecule has 0 aliphatic carbocycles. The summed E-state index contributed by atoms with van der Waals surface area (Å²) in [7, 11) is 0. The highest BCUT2D eigenvalue weighted by atomic mass is 15.0. The molecule has 0 fully saturated rings. The molecule has 0 aromatic heterocycles. The van der Waals surface area contributed by atoms with Crippen LogP contribution in [-0.4, -0.2) is 18.1 Å². The molecule has 0 unspecified atom stereocenters. The highest BCUT2D eigenvalue weighted by Crippen LogP contribution is 2.24. The summed E-state index contributed by atoms with van der Waals surface area (Å²) in [6, 6.07) is 11.8. The van der Waals surface area contributed by atoms with E-state index in [1.807, 2.05) is 18.2 Å². The van der Waals surface area contributed by atoms with Crippen molar-refractivity contribution in [2.75, 3.05) is 6.54 Å². The van der Waals surface area contributed by atoms with Crippen molar-refractivity contribution >= 4 is 11.5 Å². The Morgan fingerprint density at radius 2 is 1.78 bits per heavy atom. The fraction of sp³-hybridized carbons (Fsp3) is 0.250. The summed E-state index contributed by atoms with van der Waals surface area (Å²) in [6.07, 6.45) is 0. The zero-order chi connectivity index (χ0) is 16.6. The number of nitrogens with zero attached hydrogens (tertiary/aromatic N) is 3. The average molecular weight is 301 g/mol. The standard InChI is InChI=1S/C20H19N3/c1-12-8-18(15(4)14(3)13(12)2)19-11-22-20(23-19)17-7-5-6-16(9-17)10-21/h5-9H,11H2,1-4H3. The van der Waals surface area contributed by atoms with Gasteiger partial charge >= 0.3 is 0 Å². The fourth-order valence-corrected chi connectivity index (χ4v) is 2.89. The number of aryl methyl sites for hydroxylation is 1. The zero-order valence-electron chi connectivity index (χ0n) is 13.9. The van der Waals surface area contributed by atoms with Crippen molar-refractivity contribution in [3.63, 3.8) is 0 Å². The number of nitriles is 1. The second-order valence-electron chi connectivity index (χ2n) is 6.01. The first-order valence-corrected chi connectivity index (χ1v) is 7.71. The number of amidine groups is 1. The minimum Gasteiger partial charge on any atom is -0.260 e. The van der Waals surface area contributed by atoms with E-state index in [4.69, 9.17) is 10.3 Å². The molecule has 1 heterocycles. The topological polar surface area (TPSA) is 48.5 Å². The van der Waals surface area contributed by atoms with Gasteiger partial charge in [-0.3, -0.25) is 4.99 Å². The van der Waals surface area contributed by atoms with Crippen LogP contribution in [0.25, 0.3) is 0 Å². The predicted molar refractivity (Wildman–Crippen MR) is 94.5 cm³/mol. The molecule has 0 bridgehead atoms. The van der Waals surface area contributed by atoms with Crippen LogP contribution in [-0.2, 0) is 0 Å². The van der Waals surface area contributed by atoms with Crippen molar-refractivity contribution in [3.8, 4) is 6.07 Å². The SMILES string of the molecule is Cc1cc(C2=NC(c3cccc(C#N)c3)=NC2)c(C)c(C)c1C. The number of hydrogen-bond donors (Lipinski definition) is 0. The van der Waals surface area contributed by atoms with E-state index < -0.39 is 0 Å². The van der Waals surface area contributed by atoms with Crippen LogP contribution >= 0.6 is 0 Å². The van der Waals surface area contributed by atoms with Gasteiger partial charge in [0.1, 0.15) is 0 Å². The molecule has 3 heteroatoms. The number of rotatable bonds is 2. The van der Waals surface area contributed by atoms with Crippen molar-refractivity contribution < 1.29 is 0 Å². The van der Waals surface area contributed by atoms with Crippen LogP contribution < -0.4 is 0 Å². The van der Waals surface area contributed by atoms with Gasteiger partial charge in [-0.1, -0.05) is 12.1 Å². The molecule has 0 spiro atoms. The van der Waals surface area contributed by atoms with Crippen LogP contribution in [0.3, 0.4) is 0 Å². The Morgan fingerprint density at radius 3 is 2.52 bits per heavy atom. The van der Waals surface area contributed by atoms with E-state index in [1.54, 1.807) is 6.07 Å². The molecule has 23 heavy (non-hydrogen) atoms. The van der Waals surface area contributed by atoms with Gasteiger partial charge in [0.25, 0.3) is 0 Å². The van der Waals surface area contributed by atoms with Crippen molar-refractivity contribution in [1.29, 1.82) is 5.26 Å². The van der Waals surface area contributed by atoms with E-state index in [2.05, 4.69) is 44.8 Å². The third-order valence-electron chi connectivity index (χ3n) is 4.66. The third kappa shape index (κ3) is 2.68. The van der Waals surface area contributed by atoms with E-state index in [0.717, 1.165) is 11.3 Å². The minimum atomic E-state index is 0.592. The van der Waals surface area contributed by atoms with Gasteiger partial charge in [0, 0.05) is 11.1 Å². The molecule has 0 N–H and O–H groups in total. The molecule has 2 aromatic carbocycles. The quantitative estimate of drug-likeness (QED) is 0.825. The smallest absolute Gasteiger partial charge is 0.155 e. The van der Waals surface area contributed by atoms with E-state index >= 15 is 0 Å². The van der Waals surface area contributed by atoms with Crippen LogP contribution in [0.5, 0.6) is 0 Å². The fourth-order valence-electron chi connectivity index (χ4n) is 2.89. The molecule has 2 aromatic rings. The molecule has 0 radical (unpaired) electrons. The molecule has 0 saturated carbocycles. The highest BCUT2D eigenvalue weighted by Gasteiger charge is 2.17. The maximum absolute atomic E-state index is 9.03. The van der Waals surface area contributed by atoms with Gasteiger partial charge in [-0.25, -0.2) is 4.99 Å². The summed E-state index contributed by atoms with van der Waals surface area (Å²) >= 11 is 0. The molecule has 0 atom stereocenters. The van der Waals surface area contributed by atoms with Crippen LogP contribution in [0.15, 0.2) is 40.3 Å². The number of aliphatic imine (C=N–C) groups is 2. The van der Waals surface area contributed by atoms with Crippen molar-refractivity contribution in [3.05, 3.63) is 69.3 Å². The predicted octanol–water partition coefficient (Wildman–Crippen LogP) is 4.04. The maximum Gasteiger partial charge on any atom is 0.155 e. The molecule has 3 nitrogen and oxygen atoms in total. The Kier molecular flexibility index (Phi) is 3.83. The van der Waals surface area contributed by atoms with Crippen LogP contribution in [0.4, 0.5) is 0 Å². The van der Waals surface area contributed by atoms with Gasteiger partial charge in [0.15, 0.2) is 5.84 Å². The second kappa shape index (κ2) is 5.81. The second-order valence-corrected chi connectivity index (χ2v) is 6.01. The van der Waals surface area contributed by atoms with Gasteiger partial charge in [0.2, 0.25) is 0 Å². The van der Waals surface area contributed by atoms with Gasteiger partial charge in [-0.05, 0) is 68.1 Å². The Morgan fingerprint density at radius 1 is 1.00 bits per heavy atom. The lowest BCUT2D eigenvalue weighted by atomic mass is 9.92. The lowest BCUT2D eigenvalue weighted by molar-refractivity contribution is 1.20. The highest BCUT2D eigenvalue weighted by molar-refractivity contribution is 6.17. The molecule has 3 rings (SSSR count). The normalized spacial score (nSPS) is 13.5. The summed E-state index contributed by atoms with van der Waals surface area (Å²) in [5.74, 6) is 0.715. The van der Waals surface area contributed by atoms with Crippen molar-refractivity contribution in [2.24, 2.45) is 9.98 Å². The average Bonchev–Trinajstić information content (AvgIpc) is 3.06. The van der Waals surface area contributed by atoms with Crippen LogP contribution in [0, 0.1) is 39.0 Å². The molecule has 0 saturated heterocycles. The summed E-state index contributed by atoms with van der Waals surface area (Å²) in [6.45, 7) is 9.20. The van der Waals surface area contributed by atoms with E-state index in [0.29, 0.717) is 17.9 Å². The Balaban J connectivity index is 2.01. The molecule has 114 valence electrons. The molecular weight excluding hydrogens is 282 g/mol. The lowest BCUT2D eigenvalue weighted by Crippen LogP contribution is -2.08. The Labute approximate surface area is 137 Å². The summed E-state index contributed by atoms with van der Waals surface area (Å²) in [5, 5.41) is 9.03. The summed E-state index contributed by atoms with van der Waals surface area (Å²) in [5.41, 5.74) is 8.94. The van der Waals surface area contributed by atoms with E-state index in [-0.39, 0.29) is 0 Å². The van der Waals surface area contributed by atoms with Crippen LogP contribution in [0.1, 0.15) is 38.9 Å². The first kappa shape index (κ1) is 15.2. The number of benzene rings is 2. The lowest BCUT2D eigenvalue weighted by Gasteiger charge is -2.13. The van der Waals surface area contributed by atoms with Gasteiger partial charge < -0.3 is 0 Å². The third-order valence-corrected chi connectivity index (χ3v) is 4.66. The summed E-state index contributed by atoms with van der Waals surface area (Å²) < 4.78 is 0. The number of hydrogen-bond acceptors (Lipinski definition) is 3. The van der Waals surface area contributed by atoms with E-state index in [1.165, 1.54) is 27.8 Å². The van der Waals surface area contributed by atoms with Crippen molar-refractivity contribution in [2.45, 2.75) is 27.7 Å². The van der Waals surface area contributed by atoms with Crippen LogP contribution in [0.2, 0.25) is 0 Å². The first-order valence-electron chi connectivity index (χ1n) is 7.71. The molecule has 1 aliphatic heterocycles. The molecular formula is C20H19N3. The minimum absolute atomic E-state index is 0.592. The van der Waals surface area contributed by atoms with Gasteiger partial charge in [-0.2, -0.15) is 5.26 Å². The maximum atomic E-state index is 9.03. The zero-order valence-corrected chi connectivity index (χ0v) is 13.9. The van der Waals surface area contributed by atoms with Gasteiger partial charge in [-0.15, -0.1) is 0 Å². The Hall–Kier alpha value is -2.73. The van der Waals surface area contributed by atoms with Gasteiger partial charge in [0.05, 0.1) is 23.9 Å². The first-order chi connectivity index (χ1) is 11.0. The monoisotopic (exact) mass is 301 g/mol. The molecule has 0 amide bonds. The largest absolute Gasteiger partial charge is 0.260 e. The van der Waals surface area contributed by atoms with E-state index in [9.17, 15) is 0 Å². The van der Waals surface area contributed by atoms with Crippen molar-refractivity contribution in [1.82, 2.24) is 0 Å². The Bertz CT molecular complexity index is 896.